The molecule has 3 aromatic carbocycles. The van der Waals surface area contributed by atoms with Crippen LogP contribution in [0.25, 0.3) is 0 Å². The van der Waals surface area contributed by atoms with Gasteiger partial charge in [-0.05, 0) is 53.9 Å². The van der Waals surface area contributed by atoms with E-state index in [0.29, 0.717) is 81.8 Å². The molecule has 5 rings (SSSR count). The number of carbonyl (C=O) groups is 1. The first kappa shape index (κ1) is 31.3. The summed E-state index contributed by atoms with van der Waals surface area (Å²) in [6, 6.07) is 21.9. The molecule has 5 N–H and O–H groups in total. The minimum Gasteiger partial charge on any atom is -0.508 e. The van der Waals surface area contributed by atoms with Crippen LogP contribution in [0.15, 0.2) is 72.8 Å². The van der Waals surface area contributed by atoms with Gasteiger partial charge in [0.1, 0.15) is 5.75 Å². The van der Waals surface area contributed by atoms with Gasteiger partial charge in [-0.15, -0.1) is 0 Å². The molecule has 4 aromatic rings. The lowest BCUT2D eigenvalue weighted by Crippen LogP contribution is -2.27. The number of benzene rings is 3. The molecule has 236 valence electrons. The van der Waals surface area contributed by atoms with Gasteiger partial charge in [0.25, 0.3) is 5.91 Å². The Labute approximate surface area is 261 Å². The Morgan fingerprint density at radius 3 is 2.11 bits per heavy atom. The van der Waals surface area contributed by atoms with E-state index in [1.165, 1.54) is 0 Å². The maximum Gasteiger partial charge on any atom is 0.251 e. The Kier molecular flexibility index (Phi) is 11.6. The number of phenols is 1. The van der Waals surface area contributed by atoms with E-state index in [1.807, 2.05) is 48.5 Å². The summed E-state index contributed by atoms with van der Waals surface area (Å²) in [6.07, 6.45) is 0.726. The first-order valence-electron chi connectivity index (χ1n) is 14.8. The third-order valence-corrected chi connectivity index (χ3v) is 6.63. The fourth-order valence-corrected chi connectivity index (χ4v) is 4.31. The predicted octanol–water partition coefficient (Wildman–Crippen LogP) is 3.45. The third-order valence-electron chi connectivity index (χ3n) is 6.63. The second-order valence-electron chi connectivity index (χ2n) is 9.96. The van der Waals surface area contributed by atoms with E-state index in [0.717, 1.165) is 23.3 Å². The highest BCUT2D eigenvalue weighted by molar-refractivity contribution is 5.94. The van der Waals surface area contributed by atoms with E-state index in [1.54, 1.807) is 24.3 Å². The molecule has 0 fully saturated rings. The van der Waals surface area contributed by atoms with Crippen molar-refractivity contribution in [3.05, 3.63) is 89.5 Å². The van der Waals surface area contributed by atoms with Gasteiger partial charge in [-0.3, -0.25) is 4.79 Å². The highest BCUT2D eigenvalue weighted by Crippen LogP contribution is 2.32. The molecule has 0 spiro atoms. The van der Waals surface area contributed by atoms with Gasteiger partial charge in [0.2, 0.25) is 24.6 Å². The summed E-state index contributed by atoms with van der Waals surface area (Å²) in [7, 11) is 0. The van der Waals surface area contributed by atoms with Crippen molar-refractivity contribution in [1.29, 1.82) is 0 Å². The molecule has 2 heterocycles. The molecule has 0 atom stereocenters. The fourth-order valence-electron chi connectivity index (χ4n) is 4.31. The number of fused-ring (bicyclic) bond motifs is 1. The second-order valence-corrected chi connectivity index (χ2v) is 9.96. The SMILES string of the molecule is O=C(NCCOCCOCCNc1nc(NCCc2ccc(O)cc2)nc(NCc2ccc3c(c2)OCO3)n1)c1ccccc1. The number of nitrogens with zero attached hydrogens (tertiary/aromatic N) is 3. The van der Waals surface area contributed by atoms with E-state index in [9.17, 15) is 9.90 Å². The van der Waals surface area contributed by atoms with Crippen molar-refractivity contribution >= 4 is 23.8 Å². The zero-order valence-electron chi connectivity index (χ0n) is 24.8. The monoisotopic (exact) mass is 615 g/mol. The molecule has 0 unspecified atom stereocenters. The van der Waals surface area contributed by atoms with Crippen LogP contribution in [-0.2, 0) is 22.4 Å². The number of phenolic OH excluding ortho intramolecular Hbond substituents is 1. The fraction of sp³-hybridized carbons (Fsp3) is 0.312. The molecule has 0 bridgehead atoms. The van der Waals surface area contributed by atoms with Gasteiger partial charge in [-0.25, -0.2) is 0 Å². The van der Waals surface area contributed by atoms with E-state index in [2.05, 4.69) is 36.2 Å². The first-order valence-corrected chi connectivity index (χ1v) is 14.8. The topological polar surface area (TPSA) is 161 Å². The molecular formula is C32H37N7O6. The quantitative estimate of drug-likeness (QED) is 0.104. The standard InChI is InChI=1S/C32H37N7O6/c40-26-9-6-23(7-10-26)12-13-34-30-37-31(39-32(38-30)36-21-24-8-11-27-28(20-24)45-22-44-27)35-15-17-43-19-18-42-16-14-33-29(41)25-4-2-1-3-5-25/h1-11,20,40H,12-19,21-22H2,(H,33,41)(H3,34,35,36,37,38,39). The number of nitrogens with one attached hydrogen (secondary N) is 4. The lowest BCUT2D eigenvalue weighted by molar-refractivity contribution is 0.0519. The van der Waals surface area contributed by atoms with Gasteiger partial charge in [-0.1, -0.05) is 36.4 Å². The van der Waals surface area contributed by atoms with Crippen molar-refractivity contribution in [3.63, 3.8) is 0 Å². The number of hydrogen-bond donors (Lipinski definition) is 5. The van der Waals surface area contributed by atoms with E-state index in [-0.39, 0.29) is 18.4 Å². The maximum atomic E-state index is 12.0. The van der Waals surface area contributed by atoms with Gasteiger partial charge in [0.05, 0.1) is 26.4 Å². The Morgan fingerprint density at radius 2 is 1.36 bits per heavy atom. The van der Waals surface area contributed by atoms with Crippen molar-refractivity contribution in [2.45, 2.75) is 13.0 Å². The molecule has 0 radical (unpaired) electrons. The first-order chi connectivity index (χ1) is 22.1. The number of amides is 1. The van der Waals surface area contributed by atoms with Crippen molar-refractivity contribution in [2.24, 2.45) is 0 Å². The van der Waals surface area contributed by atoms with Crippen LogP contribution in [0.5, 0.6) is 17.2 Å². The molecule has 45 heavy (non-hydrogen) atoms. The molecule has 1 aromatic heterocycles. The van der Waals surface area contributed by atoms with Crippen molar-refractivity contribution in [2.75, 3.05) is 68.8 Å². The molecule has 0 saturated heterocycles. The number of anilines is 3. The lowest BCUT2D eigenvalue weighted by atomic mass is 10.1. The van der Waals surface area contributed by atoms with Crippen molar-refractivity contribution in [3.8, 4) is 17.2 Å². The number of hydrogen-bond acceptors (Lipinski definition) is 12. The number of aromatic hydroxyl groups is 1. The minimum atomic E-state index is -0.123. The Morgan fingerprint density at radius 1 is 0.711 bits per heavy atom. The van der Waals surface area contributed by atoms with E-state index < -0.39 is 0 Å². The average Bonchev–Trinajstić information content (AvgIpc) is 3.54. The van der Waals surface area contributed by atoms with E-state index in [4.69, 9.17) is 18.9 Å². The zero-order valence-corrected chi connectivity index (χ0v) is 24.8. The number of ether oxygens (including phenoxy) is 4. The molecule has 13 heteroatoms. The summed E-state index contributed by atoms with van der Waals surface area (Å²) in [4.78, 5) is 25.6. The smallest absolute Gasteiger partial charge is 0.251 e. The van der Waals surface area contributed by atoms with Crippen molar-refractivity contribution < 1.29 is 28.8 Å². The van der Waals surface area contributed by atoms with Crippen LogP contribution in [0.3, 0.4) is 0 Å². The number of aromatic nitrogens is 3. The summed E-state index contributed by atoms with van der Waals surface area (Å²) in [6.45, 7) is 3.84. The zero-order chi connectivity index (χ0) is 31.1. The summed E-state index contributed by atoms with van der Waals surface area (Å²) in [5.41, 5.74) is 2.69. The molecule has 1 aliphatic rings. The van der Waals surface area contributed by atoms with Crippen LogP contribution in [0.4, 0.5) is 17.8 Å². The Hall–Kier alpha value is -5.14. The molecule has 0 saturated carbocycles. The highest BCUT2D eigenvalue weighted by atomic mass is 16.7. The average molecular weight is 616 g/mol. The lowest BCUT2D eigenvalue weighted by Gasteiger charge is -2.12. The molecule has 1 aliphatic heterocycles. The number of carbonyl (C=O) groups excluding carboxylic acids is 1. The second kappa shape index (κ2) is 16.6. The van der Waals surface area contributed by atoms with Crippen LogP contribution in [-0.4, -0.2) is 78.8 Å². The van der Waals surface area contributed by atoms with Crippen LogP contribution in [0.2, 0.25) is 0 Å². The Bertz CT molecular complexity index is 1510. The third kappa shape index (κ3) is 10.2. The van der Waals surface area contributed by atoms with Crippen LogP contribution in [0, 0.1) is 0 Å². The summed E-state index contributed by atoms with van der Waals surface area (Å²) in [5, 5.41) is 22.0. The van der Waals surface area contributed by atoms with Gasteiger partial charge in [0.15, 0.2) is 11.5 Å². The van der Waals surface area contributed by atoms with Crippen LogP contribution >= 0.6 is 0 Å². The number of rotatable bonds is 18. The largest absolute Gasteiger partial charge is 0.508 e. The molecule has 0 aliphatic carbocycles. The van der Waals surface area contributed by atoms with Gasteiger partial charge < -0.3 is 45.3 Å². The summed E-state index contributed by atoms with van der Waals surface area (Å²) < 4.78 is 22.1. The molecular weight excluding hydrogens is 578 g/mol. The Balaban J connectivity index is 1.04. The van der Waals surface area contributed by atoms with Gasteiger partial charge in [-0.2, -0.15) is 15.0 Å². The molecule has 1 amide bonds. The van der Waals surface area contributed by atoms with Gasteiger partial charge >= 0.3 is 0 Å². The van der Waals surface area contributed by atoms with Crippen LogP contribution in [0.1, 0.15) is 21.5 Å². The normalized spacial score (nSPS) is 11.6. The van der Waals surface area contributed by atoms with Crippen molar-refractivity contribution in [1.82, 2.24) is 20.3 Å². The van der Waals surface area contributed by atoms with Gasteiger partial charge in [0, 0.05) is 31.7 Å². The molecule has 13 nitrogen and oxygen atoms in total. The maximum absolute atomic E-state index is 12.0. The van der Waals surface area contributed by atoms with Crippen LogP contribution < -0.4 is 30.7 Å². The van der Waals surface area contributed by atoms with E-state index >= 15 is 0 Å². The summed E-state index contributed by atoms with van der Waals surface area (Å²) >= 11 is 0. The highest BCUT2D eigenvalue weighted by Gasteiger charge is 2.14. The minimum absolute atomic E-state index is 0.123. The predicted molar refractivity (Wildman–Crippen MR) is 169 cm³/mol. The summed E-state index contributed by atoms with van der Waals surface area (Å²) in [5.74, 6) is 2.79.